The quantitative estimate of drug-likeness (QED) is 0.480. The van der Waals surface area contributed by atoms with Gasteiger partial charge in [0.2, 0.25) is 5.91 Å². The van der Waals surface area contributed by atoms with Crippen LogP contribution in [0.1, 0.15) is 52.9 Å². The maximum absolute atomic E-state index is 11.5. The number of aliphatic imine (C=N–C) groups is 1. The first-order chi connectivity index (χ1) is 10.0. The summed E-state index contributed by atoms with van der Waals surface area (Å²) in [6.45, 7) is 8.81. The van der Waals surface area contributed by atoms with Gasteiger partial charge in [0, 0.05) is 40.2 Å². The van der Waals surface area contributed by atoms with Crippen molar-refractivity contribution in [3.8, 4) is 0 Å². The fourth-order valence-electron chi connectivity index (χ4n) is 1.99. The minimum absolute atomic E-state index is 0.132. The minimum atomic E-state index is 0.132. The number of unbranched alkanes of at least 4 members (excludes halogenated alkanes) is 1. The van der Waals surface area contributed by atoms with Crippen LogP contribution in [0.5, 0.6) is 0 Å². The van der Waals surface area contributed by atoms with Gasteiger partial charge in [-0.2, -0.15) is 0 Å². The van der Waals surface area contributed by atoms with E-state index in [9.17, 15) is 4.79 Å². The van der Waals surface area contributed by atoms with Gasteiger partial charge < -0.3 is 15.5 Å². The van der Waals surface area contributed by atoms with Gasteiger partial charge in [-0.25, -0.2) is 0 Å². The average Bonchev–Trinajstić information content (AvgIpc) is 2.46. The van der Waals surface area contributed by atoms with E-state index < -0.39 is 0 Å². The van der Waals surface area contributed by atoms with Crippen molar-refractivity contribution in [3.05, 3.63) is 0 Å². The summed E-state index contributed by atoms with van der Waals surface area (Å²) >= 11 is 0. The zero-order valence-electron chi connectivity index (χ0n) is 14.5. The number of amides is 1. The molecule has 0 rings (SSSR count). The Hall–Kier alpha value is -1.26. The lowest BCUT2D eigenvalue weighted by Crippen LogP contribution is -2.39. The molecular weight excluding hydrogens is 264 g/mol. The summed E-state index contributed by atoms with van der Waals surface area (Å²) in [4.78, 5) is 17.8. The third-order valence-electron chi connectivity index (χ3n) is 3.53. The van der Waals surface area contributed by atoms with Gasteiger partial charge in [0.15, 0.2) is 5.96 Å². The monoisotopic (exact) mass is 298 g/mol. The molecule has 0 radical (unpaired) electrons. The third-order valence-corrected chi connectivity index (χ3v) is 3.53. The van der Waals surface area contributed by atoms with Crippen molar-refractivity contribution in [2.45, 2.75) is 52.9 Å². The molecule has 0 saturated carbocycles. The fraction of sp³-hybridized carbons (Fsp3) is 0.875. The largest absolute Gasteiger partial charge is 0.357 e. The van der Waals surface area contributed by atoms with E-state index >= 15 is 0 Å². The molecule has 1 atom stereocenters. The second kappa shape index (κ2) is 12.5. The van der Waals surface area contributed by atoms with Crippen LogP contribution in [0.2, 0.25) is 0 Å². The van der Waals surface area contributed by atoms with Gasteiger partial charge in [0.25, 0.3) is 0 Å². The molecule has 0 fully saturated rings. The highest BCUT2D eigenvalue weighted by molar-refractivity contribution is 5.81. The molecule has 2 N–H and O–H groups in total. The second-order valence-corrected chi connectivity index (χ2v) is 5.60. The van der Waals surface area contributed by atoms with Crippen LogP contribution in [0.3, 0.4) is 0 Å². The highest BCUT2D eigenvalue weighted by Gasteiger charge is 2.07. The lowest BCUT2D eigenvalue weighted by atomic mass is 10.00. The summed E-state index contributed by atoms with van der Waals surface area (Å²) in [5.41, 5.74) is 0. The zero-order chi connectivity index (χ0) is 16.1. The van der Waals surface area contributed by atoms with E-state index in [1.807, 2.05) is 0 Å². The molecule has 0 aromatic rings. The van der Waals surface area contributed by atoms with E-state index in [0.29, 0.717) is 18.9 Å². The van der Waals surface area contributed by atoms with Crippen LogP contribution >= 0.6 is 0 Å². The smallest absolute Gasteiger partial charge is 0.223 e. The summed E-state index contributed by atoms with van der Waals surface area (Å²) in [6, 6.07) is 0. The molecule has 0 aliphatic rings. The lowest BCUT2D eigenvalue weighted by Gasteiger charge is -2.15. The molecule has 1 unspecified atom stereocenters. The van der Waals surface area contributed by atoms with Crippen LogP contribution in [-0.2, 0) is 4.79 Å². The standard InChI is InChI=1S/C16H34N4O/c1-6-9-10-14(7-2)13-19-16(17-8-3)18-12-11-15(21)20(4)5/h14H,6-13H2,1-5H3,(H2,17,18,19). The average molecular weight is 298 g/mol. The van der Waals surface area contributed by atoms with Gasteiger partial charge in [0.1, 0.15) is 0 Å². The number of nitrogens with zero attached hydrogens (tertiary/aromatic N) is 2. The number of nitrogens with one attached hydrogen (secondary N) is 2. The second-order valence-electron chi connectivity index (χ2n) is 5.60. The molecule has 0 aromatic carbocycles. The van der Waals surface area contributed by atoms with Crippen LogP contribution in [0.15, 0.2) is 4.99 Å². The maximum atomic E-state index is 11.5. The van der Waals surface area contributed by atoms with E-state index in [4.69, 9.17) is 0 Å². The Morgan fingerprint density at radius 2 is 1.90 bits per heavy atom. The molecule has 0 aliphatic heterocycles. The van der Waals surface area contributed by atoms with E-state index in [1.165, 1.54) is 25.7 Å². The number of rotatable bonds is 10. The molecule has 0 heterocycles. The molecule has 0 saturated heterocycles. The number of hydrogen-bond acceptors (Lipinski definition) is 2. The summed E-state index contributed by atoms with van der Waals surface area (Å²) < 4.78 is 0. The first kappa shape index (κ1) is 19.7. The highest BCUT2D eigenvalue weighted by atomic mass is 16.2. The van der Waals surface area contributed by atoms with Gasteiger partial charge >= 0.3 is 0 Å². The number of carbonyl (C=O) groups is 1. The Bertz CT molecular complexity index is 303. The summed E-state index contributed by atoms with van der Waals surface area (Å²) in [6.07, 6.45) is 5.42. The Balaban J connectivity index is 4.24. The molecule has 5 nitrogen and oxygen atoms in total. The van der Waals surface area contributed by atoms with Crippen LogP contribution in [-0.4, -0.2) is 50.5 Å². The van der Waals surface area contributed by atoms with Crippen LogP contribution in [0.25, 0.3) is 0 Å². The van der Waals surface area contributed by atoms with E-state index in [-0.39, 0.29) is 5.91 Å². The van der Waals surface area contributed by atoms with Gasteiger partial charge in [-0.3, -0.25) is 9.79 Å². The Morgan fingerprint density at radius 1 is 1.19 bits per heavy atom. The van der Waals surface area contributed by atoms with Crippen LogP contribution < -0.4 is 10.6 Å². The highest BCUT2D eigenvalue weighted by Crippen LogP contribution is 2.12. The minimum Gasteiger partial charge on any atom is -0.357 e. The number of carbonyl (C=O) groups excluding carboxylic acids is 1. The molecule has 0 spiro atoms. The Labute approximate surface area is 130 Å². The predicted molar refractivity (Wildman–Crippen MR) is 90.6 cm³/mol. The summed E-state index contributed by atoms with van der Waals surface area (Å²) in [7, 11) is 3.56. The Morgan fingerprint density at radius 3 is 2.43 bits per heavy atom. The molecule has 0 bridgehead atoms. The van der Waals surface area contributed by atoms with E-state index in [2.05, 4.69) is 36.4 Å². The molecular formula is C16H34N4O. The summed E-state index contributed by atoms with van der Waals surface area (Å²) in [5, 5.41) is 6.47. The molecule has 1 amide bonds. The first-order valence-corrected chi connectivity index (χ1v) is 8.27. The Kier molecular flexibility index (Phi) is 11.7. The molecule has 21 heavy (non-hydrogen) atoms. The first-order valence-electron chi connectivity index (χ1n) is 8.27. The SMILES string of the molecule is CCCCC(CC)CN=C(NCC)NCCC(=O)N(C)C. The predicted octanol–water partition coefficient (Wildman–Crippen LogP) is 2.24. The molecule has 124 valence electrons. The van der Waals surface area contributed by atoms with Crippen molar-refractivity contribution in [1.29, 1.82) is 0 Å². The van der Waals surface area contributed by atoms with Crippen molar-refractivity contribution in [1.82, 2.24) is 15.5 Å². The zero-order valence-corrected chi connectivity index (χ0v) is 14.5. The lowest BCUT2D eigenvalue weighted by molar-refractivity contribution is -0.128. The van der Waals surface area contributed by atoms with Gasteiger partial charge in [0.05, 0.1) is 0 Å². The third kappa shape index (κ3) is 10.2. The van der Waals surface area contributed by atoms with Crippen molar-refractivity contribution >= 4 is 11.9 Å². The summed E-state index contributed by atoms with van der Waals surface area (Å²) in [5.74, 6) is 1.61. The van der Waals surface area contributed by atoms with Crippen LogP contribution in [0.4, 0.5) is 0 Å². The topological polar surface area (TPSA) is 56.7 Å². The van der Waals surface area contributed by atoms with E-state index in [0.717, 1.165) is 19.0 Å². The molecule has 5 heteroatoms. The van der Waals surface area contributed by atoms with Crippen molar-refractivity contribution in [2.24, 2.45) is 10.9 Å². The normalized spacial score (nSPS) is 12.9. The van der Waals surface area contributed by atoms with Gasteiger partial charge in [-0.1, -0.05) is 33.1 Å². The number of guanidine groups is 1. The molecule has 0 aliphatic carbocycles. The van der Waals surface area contributed by atoms with Gasteiger partial charge in [-0.05, 0) is 19.3 Å². The van der Waals surface area contributed by atoms with E-state index in [1.54, 1.807) is 19.0 Å². The van der Waals surface area contributed by atoms with Crippen molar-refractivity contribution in [3.63, 3.8) is 0 Å². The molecule has 0 aromatic heterocycles. The van der Waals surface area contributed by atoms with Gasteiger partial charge in [-0.15, -0.1) is 0 Å². The maximum Gasteiger partial charge on any atom is 0.223 e. The van der Waals surface area contributed by atoms with Crippen molar-refractivity contribution in [2.75, 3.05) is 33.7 Å². The van der Waals surface area contributed by atoms with Crippen molar-refractivity contribution < 1.29 is 4.79 Å². The van der Waals surface area contributed by atoms with Crippen LogP contribution in [0, 0.1) is 5.92 Å². The number of hydrogen-bond donors (Lipinski definition) is 2. The fourth-order valence-corrected chi connectivity index (χ4v) is 1.99.